The van der Waals surface area contributed by atoms with E-state index < -0.39 is 0 Å². The van der Waals surface area contributed by atoms with Gasteiger partial charge in [0.15, 0.2) is 0 Å². The minimum absolute atomic E-state index is 0.268. The Hall–Kier alpha value is -6.25. The van der Waals surface area contributed by atoms with Gasteiger partial charge in [-0.3, -0.25) is 0 Å². The minimum atomic E-state index is -0.268. The van der Waals surface area contributed by atoms with E-state index in [9.17, 15) is 0 Å². The smallest absolute Gasteiger partial charge is 0.147 e. The van der Waals surface area contributed by atoms with Crippen molar-refractivity contribution in [1.29, 1.82) is 0 Å². The molecule has 0 aromatic heterocycles. The highest BCUT2D eigenvalue weighted by atomic mass is 19.1. The number of benzene rings is 9. The summed E-state index contributed by atoms with van der Waals surface area (Å²) in [6.45, 7) is 0. The van der Waals surface area contributed by atoms with Crippen LogP contribution in [0.5, 0.6) is 0 Å². The van der Waals surface area contributed by atoms with E-state index in [1.807, 2.05) is 29.2 Å². The van der Waals surface area contributed by atoms with Crippen LogP contribution in [0, 0.1) is 5.82 Å². The number of halogens is 1. The summed E-state index contributed by atoms with van der Waals surface area (Å²) in [5.41, 5.74) is 7.10. The molecule has 0 amide bonds. The van der Waals surface area contributed by atoms with Gasteiger partial charge in [-0.2, -0.15) is 0 Å². The van der Waals surface area contributed by atoms with Gasteiger partial charge in [-0.25, -0.2) is 4.39 Å². The first-order valence-corrected chi connectivity index (χ1v) is 16.3. The number of nitrogens with zero attached hydrogens (tertiary/aromatic N) is 1. The highest BCUT2D eigenvalue weighted by Gasteiger charge is 2.20. The molecule has 226 valence electrons. The van der Waals surface area contributed by atoms with Crippen LogP contribution in [-0.4, -0.2) is 0 Å². The first-order valence-electron chi connectivity index (χ1n) is 16.3. The maximum absolute atomic E-state index is 15.5. The van der Waals surface area contributed by atoms with Crippen molar-refractivity contribution in [3.8, 4) is 22.3 Å². The normalized spacial score (nSPS) is 11.4. The zero-order valence-corrected chi connectivity index (χ0v) is 26.1. The lowest BCUT2D eigenvalue weighted by molar-refractivity contribution is 0.629. The summed E-state index contributed by atoms with van der Waals surface area (Å²) in [6, 6.07) is 62.8. The highest BCUT2D eigenvalue weighted by Crippen LogP contribution is 2.46. The fourth-order valence-electron chi connectivity index (χ4n) is 7.33. The van der Waals surface area contributed by atoms with Crippen molar-refractivity contribution in [2.45, 2.75) is 0 Å². The third kappa shape index (κ3) is 4.61. The fourth-order valence-corrected chi connectivity index (χ4v) is 7.33. The molecule has 0 atom stereocenters. The van der Waals surface area contributed by atoms with Crippen molar-refractivity contribution in [1.82, 2.24) is 0 Å². The molecular weight excluding hydrogens is 586 g/mol. The fraction of sp³-hybridized carbons (Fsp3) is 0. The number of hydrogen-bond acceptors (Lipinski definition) is 1. The maximum atomic E-state index is 15.5. The average molecular weight is 616 g/mol. The molecule has 0 bridgehead atoms. The Morgan fingerprint density at radius 2 is 0.875 bits per heavy atom. The molecule has 9 aromatic carbocycles. The van der Waals surface area contributed by atoms with Gasteiger partial charge in [0.25, 0.3) is 0 Å². The predicted molar refractivity (Wildman–Crippen MR) is 202 cm³/mol. The summed E-state index contributed by atoms with van der Waals surface area (Å²) in [6.07, 6.45) is 0. The molecule has 0 saturated heterocycles. The number of anilines is 3. The predicted octanol–water partition coefficient (Wildman–Crippen LogP) is 13.2. The highest BCUT2D eigenvalue weighted by molar-refractivity contribution is 6.23. The van der Waals surface area contributed by atoms with Gasteiger partial charge in [0.05, 0.1) is 5.69 Å². The third-order valence-electron chi connectivity index (χ3n) is 9.49. The lowest BCUT2D eigenvalue weighted by Gasteiger charge is -2.26. The zero-order chi connectivity index (χ0) is 32.0. The van der Waals surface area contributed by atoms with Gasteiger partial charge < -0.3 is 4.90 Å². The standard InChI is InChI=1S/C46H30FN/c47-43-22-9-10-23-44(43)48(36-29-24-31-12-1-2-14-34(31)30-36)35-27-25-33(26-28-35)45-39-17-5-7-19-41(39)46(42-20-8-6-18-40(42)45)38-21-11-15-32-13-3-4-16-37(32)38/h1-30H. The average Bonchev–Trinajstić information content (AvgIpc) is 3.15. The molecule has 0 aliphatic carbocycles. The molecule has 0 spiro atoms. The van der Waals surface area contributed by atoms with E-state index in [1.165, 1.54) is 55.1 Å². The van der Waals surface area contributed by atoms with Crippen LogP contribution in [0.25, 0.3) is 65.3 Å². The van der Waals surface area contributed by atoms with Crippen molar-refractivity contribution >= 4 is 60.2 Å². The molecule has 0 heterocycles. The van der Waals surface area contributed by atoms with Crippen molar-refractivity contribution in [3.63, 3.8) is 0 Å². The zero-order valence-electron chi connectivity index (χ0n) is 26.1. The van der Waals surface area contributed by atoms with E-state index in [4.69, 9.17) is 0 Å². The summed E-state index contributed by atoms with van der Waals surface area (Å²) in [5, 5.41) is 9.57. The molecule has 1 nitrogen and oxygen atoms in total. The Balaban J connectivity index is 1.25. The molecule has 0 radical (unpaired) electrons. The summed E-state index contributed by atoms with van der Waals surface area (Å²) in [7, 11) is 0. The minimum Gasteiger partial charge on any atom is -0.308 e. The molecule has 2 heteroatoms. The topological polar surface area (TPSA) is 3.24 Å². The summed E-state index contributed by atoms with van der Waals surface area (Å²) < 4.78 is 15.5. The van der Waals surface area contributed by atoms with Gasteiger partial charge in [-0.05, 0) is 102 Å². The monoisotopic (exact) mass is 615 g/mol. The molecule has 9 aromatic rings. The number of rotatable bonds is 5. The first-order chi connectivity index (χ1) is 23.7. The van der Waals surface area contributed by atoms with E-state index in [2.05, 4.69) is 146 Å². The second kappa shape index (κ2) is 11.5. The molecular formula is C46H30FN. The summed E-state index contributed by atoms with van der Waals surface area (Å²) in [4.78, 5) is 2.01. The van der Waals surface area contributed by atoms with Crippen LogP contribution in [0.1, 0.15) is 0 Å². The van der Waals surface area contributed by atoms with Crippen molar-refractivity contribution in [2.75, 3.05) is 4.90 Å². The molecule has 9 rings (SSSR count). The van der Waals surface area contributed by atoms with Crippen molar-refractivity contribution in [2.24, 2.45) is 0 Å². The molecule has 0 N–H and O–H groups in total. The Morgan fingerprint density at radius 3 is 1.56 bits per heavy atom. The Labute approximate surface area is 278 Å². The molecule has 0 saturated carbocycles. The van der Waals surface area contributed by atoms with E-state index in [0.29, 0.717) is 5.69 Å². The van der Waals surface area contributed by atoms with Crippen LogP contribution in [0.3, 0.4) is 0 Å². The Kier molecular flexibility index (Phi) is 6.72. The van der Waals surface area contributed by atoms with Crippen molar-refractivity contribution in [3.05, 3.63) is 188 Å². The van der Waals surface area contributed by atoms with Crippen LogP contribution in [-0.2, 0) is 0 Å². The van der Waals surface area contributed by atoms with Gasteiger partial charge in [-0.1, -0.05) is 146 Å². The number of para-hydroxylation sites is 1. The summed E-state index contributed by atoms with van der Waals surface area (Å²) >= 11 is 0. The lowest BCUT2D eigenvalue weighted by atomic mass is 9.85. The SMILES string of the molecule is Fc1ccccc1N(c1ccc(-c2c3ccccc3c(-c3cccc4ccccc34)c3ccccc23)cc1)c1ccc2ccccc2c1. The lowest BCUT2D eigenvalue weighted by Crippen LogP contribution is -2.11. The maximum Gasteiger partial charge on any atom is 0.147 e. The second-order valence-corrected chi connectivity index (χ2v) is 12.2. The first kappa shape index (κ1) is 28.0. The van der Waals surface area contributed by atoms with Crippen LogP contribution in [0.2, 0.25) is 0 Å². The van der Waals surface area contributed by atoms with E-state index in [-0.39, 0.29) is 5.82 Å². The Bertz CT molecular complexity index is 2570. The van der Waals surface area contributed by atoms with Gasteiger partial charge >= 0.3 is 0 Å². The van der Waals surface area contributed by atoms with E-state index in [1.54, 1.807) is 6.07 Å². The third-order valence-corrected chi connectivity index (χ3v) is 9.49. The number of fused-ring (bicyclic) bond motifs is 4. The largest absolute Gasteiger partial charge is 0.308 e. The van der Waals surface area contributed by atoms with Crippen LogP contribution < -0.4 is 4.90 Å². The van der Waals surface area contributed by atoms with E-state index >= 15 is 4.39 Å². The van der Waals surface area contributed by atoms with Crippen LogP contribution in [0.4, 0.5) is 21.5 Å². The molecule has 0 aliphatic heterocycles. The summed E-state index contributed by atoms with van der Waals surface area (Å²) in [5.74, 6) is -0.268. The second-order valence-electron chi connectivity index (χ2n) is 12.2. The van der Waals surface area contributed by atoms with Crippen LogP contribution >= 0.6 is 0 Å². The quantitative estimate of drug-likeness (QED) is 0.174. The van der Waals surface area contributed by atoms with Gasteiger partial charge in [-0.15, -0.1) is 0 Å². The van der Waals surface area contributed by atoms with Gasteiger partial charge in [0.2, 0.25) is 0 Å². The van der Waals surface area contributed by atoms with E-state index in [0.717, 1.165) is 27.7 Å². The number of hydrogen-bond donors (Lipinski definition) is 0. The van der Waals surface area contributed by atoms with Gasteiger partial charge in [0, 0.05) is 11.4 Å². The molecule has 48 heavy (non-hydrogen) atoms. The Morgan fingerprint density at radius 1 is 0.354 bits per heavy atom. The van der Waals surface area contributed by atoms with Crippen molar-refractivity contribution < 1.29 is 4.39 Å². The van der Waals surface area contributed by atoms with Crippen LogP contribution in [0.15, 0.2) is 182 Å². The van der Waals surface area contributed by atoms with Gasteiger partial charge in [0.1, 0.15) is 5.82 Å². The molecule has 0 fully saturated rings. The molecule has 0 unspecified atom stereocenters. The molecule has 0 aliphatic rings.